The number of furan rings is 1. The lowest BCUT2D eigenvalue weighted by atomic mass is 10.2. The van der Waals surface area contributed by atoms with E-state index in [0.717, 1.165) is 48.2 Å². The smallest absolute Gasteiger partial charge is 0.195 e. The molecule has 0 saturated heterocycles. The van der Waals surface area contributed by atoms with Crippen LogP contribution < -0.4 is 20.1 Å². The number of ether oxygens (including phenoxy) is 3. The molecule has 0 radical (unpaired) electrons. The molecule has 0 bridgehead atoms. The van der Waals surface area contributed by atoms with E-state index in [2.05, 4.69) is 15.6 Å². The summed E-state index contributed by atoms with van der Waals surface area (Å²) in [7, 11) is 0. The van der Waals surface area contributed by atoms with E-state index in [-0.39, 0.29) is 30.1 Å². The molecule has 0 saturated carbocycles. The zero-order chi connectivity index (χ0) is 20.3. The molecular formula is C22H32IN3O4. The third kappa shape index (κ3) is 8.43. The normalized spacial score (nSPS) is 13.5. The Labute approximate surface area is 195 Å². The predicted octanol–water partition coefficient (Wildman–Crippen LogP) is 4.47. The van der Waals surface area contributed by atoms with Crippen LogP contribution in [0.25, 0.3) is 0 Å². The third-order valence-electron chi connectivity index (χ3n) is 4.28. The second-order valence-electron chi connectivity index (χ2n) is 7.10. The maximum atomic E-state index is 5.78. The number of nitrogens with zero attached hydrogens (tertiary/aromatic N) is 1. The largest absolute Gasteiger partial charge is 0.490 e. The molecule has 8 heteroatoms. The van der Waals surface area contributed by atoms with Crippen molar-refractivity contribution in [2.45, 2.75) is 39.2 Å². The van der Waals surface area contributed by atoms with E-state index in [1.165, 1.54) is 0 Å². The Morgan fingerprint density at radius 3 is 2.77 bits per heavy atom. The number of rotatable bonds is 9. The summed E-state index contributed by atoms with van der Waals surface area (Å²) in [6.45, 7) is 7.51. The molecule has 2 heterocycles. The molecule has 30 heavy (non-hydrogen) atoms. The van der Waals surface area contributed by atoms with Crippen molar-refractivity contribution in [2.75, 3.05) is 38.2 Å². The van der Waals surface area contributed by atoms with Crippen molar-refractivity contribution in [1.29, 1.82) is 0 Å². The van der Waals surface area contributed by atoms with Crippen molar-refractivity contribution < 1.29 is 18.6 Å². The molecule has 1 aromatic heterocycles. The molecule has 0 amide bonds. The molecule has 2 N–H and O–H groups in total. The molecule has 3 rings (SSSR count). The van der Waals surface area contributed by atoms with Crippen LogP contribution in [-0.2, 0) is 11.2 Å². The number of anilines is 1. The first-order chi connectivity index (χ1) is 14.2. The van der Waals surface area contributed by atoms with Gasteiger partial charge in [0.15, 0.2) is 17.5 Å². The Kier molecular flexibility index (Phi) is 10.9. The van der Waals surface area contributed by atoms with Crippen molar-refractivity contribution in [2.24, 2.45) is 4.99 Å². The van der Waals surface area contributed by atoms with Gasteiger partial charge in [0, 0.05) is 44.3 Å². The van der Waals surface area contributed by atoms with Gasteiger partial charge in [-0.25, -0.2) is 0 Å². The summed E-state index contributed by atoms with van der Waals surface area (Å²) in [4.78, 5) is 4.68. The standard InChI is InChI=1S/C22H31N3O4.HI/c1-17(2)26-13-4-10-23-22(24-11-9-19-6-3-12-27-19)25-18-7-8-20-21(16-18)29-15-5-14-28-20;/h3,6-8,12,16-17H,4-5,9-11,13-15H2,1-2H3,(H2,23,24,25);1H. The molecule has 166 valence electrons. The number of fused-ring (bicyclic) bond motifs is 1. The molecule has 2 aromatic rings. The number of halogens is 1. The monoisotopic (exact) mass is 529 g/mol. The van der Waals surface area contributed by atoms with Crippen LogP contribution in [0, 0.1) is 0 Å². The Morgan fingerprint density at radius 2 is 2.00 bits per heavy atom. The molecule has 7 nitrogen and oxygen atoms in total. The maximum Gasteiger partial charge on any atom is 0.195 e. The van der Waals surface area contributed by atoms with Crippen LogP contribution in [0.15, 0.2) is 46.0 Å². The van der Waals surface area contributed by atoms with Crippen LogP contribution in [0.2, 0.25) is 0 Å². The summed E-state index contributed by atoms with van der Waals surface area (Å²) >= 11 is 0. The first kappa shape index (κ1) is 24.3. The number of nitrogens with one attached hydrogen (secondary N) is 2. The molecular weight excluding hydrogens is 497 g/mol. The topological polar surface area (TPSA) is 77.2 Å². The molecule has 1 aromatic carbocycles. The average Bonchev–Trinajstić information content (AvgIpc) is 3.11. The lowest BCUT2D eigenvalue weighted by Crippen LogP contribution is -2.32. The van der Waals surface area contributed by atoms with Crippen molar-refractivity contribution in [3.8, 4) is 11.5 Å². The van der Waals surface area contributed by atoms with Gasteiger partial charge in [-0.05, 0) is 44.5 Å². The minimum atomic E-state index is 0. The molecule has 0 unspecified atom stereocenters. The first-order valence-electron chi connectivity index (χ1n) is 10.3. The van der Waals surface area contributed by atoms with E-state index >= 15 is 0 Å². The summed E-state index contributed by atoms with van der Waals surface area (Å²) < 4.78 is 22.5. The van der Waals surface area contributed by atoms with Gasteiger partial charge in [0.2, 0.25) is 0 Å². The second-order valence-corrected chi connectivity index (χ2v) is 7.10. The van der Waals surface area contributed by atoms with Gasteiger partial charge in [-0.1, -0.05) is 0 Å². The average molecular weight is 529 g/mol. The zero-order valence-corrected chi connectivity index (χ0v) is 20.0. The summed E-state index contributed by atoms with van der Waals surface area (Å²) in [5.74, 6) is 3.20. The second kappa shape index (κ2) is 13.4. The zero-order valence-electron chi connectivity index (χ0n) is 17.7. The van der Waals surface area contributed by atoms with Gasteiger partial charge in [0.05, 0.1) is 25.6 Å². The van der Waals surface area contributed by atoms with Gasteiger partial charge in [0.25, 0.3) is 0 Å². The van der Waals surface area contributed by atoms with Crippen molar-refractivity contribution in [3.63, 3.8) is 0 Å². The molecule has 0 aliphatic carbocycles. The number of hydrogen-bond donors (Lipinski definition) is 2. The van der Waals surface area contributed by atoms with E-state index in [9.17, 15) is 0 Å². The van der Waals surface area contributed by atoms with Crippen LogP contribution in [0.4, 0.5) is 5.69 Å². The van der Waals surface area contributed by atoms with Crippen LogP contribution in [0.5, 0.6) is 11.5 Å². The Balaban J connectivity index is 0.00000320. The van der Waals surface area contributed by atoms with Crippen LogP contribution in [0.1, 0.15) is 32.4 Å². The lowest BCUT2D eigenvalue weighted by molar-refractivity contribution is 0.0783. The SMILES string of the molecule is CC(C)OCCCN=C(NCCc1ccco1)Nc1ccc2c(c1)OCCCO2.I. The van der Waals surface area contributed by atoms with Gasteiger partial charge in [0.1, 0.15) is 5.76 Å². The minimum Gasteiger partial charge on any atom is -0.490 e. The minimum absolute atomic E-state index is 0. The lowest BCUT2D eigenvalue weighted by Gasteiger charge is -2.14. The highest BCUT2D eigenvalue weighted by Gasteiger charge is 2.11. The first-order valence-corrected chi connectivity index (χ1v) is 10.3. The Bertz CT molecular complexity index is 766. The fourth-order valence-electron chi connectivity index (χ4n) is 2.85. The van der Waals surface area contributed by atoms with E-state index in [4.69, 9.17) is 18.6 Å². The highest BCUT2D eigenvalue weighted by molar-refractivity contribution is 14.0. The van der Waals surface area contributed by atoms with Crippen molar-refractivity contribution in [3.05, 3.63) is 42.4 Å². The molecule has 1 aliphatic rings. The van der Waals surface area contributed by atoms with E-state index < -0.39 is 0 Å². The number of aliphatic imine (C=N–C) groups is 1. The van der Waals surface area contributed by atoms with E-state index in [1.807, 2.05) is 44.2 Å². The van der Waals surface area contributed by atoms with Crippen LogP contribution in [0.3, 0.4) is 0 Å². The molecule has 1 aliphatic heterocycles. The number of hydrogen-bond acceptors (Lipinski definition) is 5. The summed E-state index contributed by atoms with van der Waals surface area (Å²) in [6, 6.07) is 9.72. The highest BCUT2D eigenvalue weighted by Crippen LogP contribution is 2.32. The van der Waals surface area contributed by atoms with E-state index in [1.54, 1.807) is 6.26 Å². The third-order valence-corrected chi connectivity index (χ3v) is 4.28. The molecule has 0 fully saturated rings. The number of guanidine groups is 1. The van der Waals surface area contributed by atoms with Gasteiger partial charge < -0.3 is 29.3 Å². The summed E-state index contributed by atoms with van der Waals surface area (Å²) in [5, 5.41) is 6.73. The molecule has 0 atom stereocenters. The fourth-order valence-corrected chi connectivity index (χ4v) is 2.85. The molecule has 0 spiro atoms. The van der Waals surface area contributed by atoms with Crippen LogP contribution >= 0.6 is 24.0 Å². The maximum absolute atomic E-state index is 5.78. The van der Waals surface area contributed by atoms with Crippen molar-refractivity contribution in [1.82, 2.24) is 5.32 Å². The van der Waals surface area contributed by atoms with Gasteiger partial charge in [-0.3, -0.25) is 4.99 Å². The quantitative estimate of drug-likeness (QED) is 0.216. The Morgan fingerprint density at radius 1 is 1.17 bits per heavy atom. The van der Waals surface area contributed by atoms with E-state index in [0.29, 0.717) is 32.9 Å². The van der Waals surface area contributed by atoms with Gasteiger partial charge >= 0.3 is 0 Å². The predicted molar refractivity (Wildman–Crippen MR) is 130 cm³/mol. The highest BCUT2D eigenvalue weighted by atomic mass is 127. The van der Waals surface area contributed by atoms with Gasteiger partial charge in [-0.2, -0.15) is 0 Å². The summed E-state index contributed by atoms with van der Waals surface area (Å²) in [5.41, 5.74) is 0.900. The van der Waals surface area contributed by atoms with Gasteiger partial charge in [-0.15, -0.1) is 24.0 Å². The number of benzene rings is 1. The summed E-state index contributed by atoms with van der Waals surface area (Å²) in [6.07, 6.45) is 4.46. The van der Waals surface area contributed by atoms with Crippen LogP contribution in [-0.4, -0.2) is 45.0 Å². The van der Waals surface area contributed by atoms with Crippen molar-refractivity contribution >= 4 is 35.6 Å². The fraction of sp³-hybridized carbons (Fsp3) is 0.500. The Hall–Kier alpha value is -1.94.